The standard InChI is InChI=1S/C16H22N2O/c1-13-5-6-15(19-3)14(9-13)10-18(2)12-16(11-17)7-4-8-16/h5-6,9H,4,7-8,10,12H2,1-3H3. The highest BCUT2D eigenvalue weighted by Crippen LogP contribution is 2.41. The molecule has 0 amide bonds. The second-order valence-electron chi connectivity index (χ2n) is 5.73. The van der Waals surface area contributed by atoms with Crippen LogP contribution in [0.15, 0.2) is 18.2 Å². The van der Waals surface area contributed by atoms with Gasteiger partial charge in [0, 0.05) is 18.7 Å². The van der Waals surface area contributed by atoms with Crippen molar-refractivity contribution in [2.24, 2.45) is 5.41 Å². The summed E-state index contributed by atoms with van der Waals surface area (Å²) in [4.78, 5) is 2.24. The topological polar surface area (TPSA) is 36.3 Å². The van der Waals surface area contributed by atoms with E-state index in [0.29, 0.717) is 0 Å². The van der Waals surface area contributed by atoms with Crippen LogP contribution in [-0.2, 0) is 6.54 Å². The summed E-state index contributed by atoms with van der Waals surface area (Å²) in [6.45, 7) is 3.76. The summed E-state index contributed by atoms with van der Waals surface area (Å²) in [6, 6.07) is 8.74. The molecule has 0 heterocycles. The van der Waals surface area contributed by atoms with Crippen molar-refractivity contribution in [2.75, 3.05) is 20.7 Å². The van der Waals surface area contributed by atoms with Gasteiger partial charge in [0.2, 0.25) is 0 Å². The lowest BCUT2D eigenvalue weighted by atomic mass is 9.69. The zero-order chi connectivity index (χ0) is 13.9. The Hall–Kier alpha value is -1.53. The minimum Gasteiger partial charge on any atom is -0.496 e. The molecule has 2 rings (SSSR count). The molecular formula is C16H22N2O. The zero-order valence-electron chi connectivity index (χ0n) is 12.1. The minimum atomic E-state index is -0.105. The molecule has 0 unspecified atom stereocenters. The van der Waals surface area contributed by atoms with Crippen LogP contribution in [0.2, 0.25) is 0 Å². The van der Waals surface area contributed by atoms with Crippen LogP contribution in [0.25, 0.3) is 0 Å². The molecule has 0 N–H and O–H groups in total. The van der Waals surface area contributed by atoms with E-state index in [9.17, 15) is 5.26 Å². The van der Waals surface area contributed by atoms with Gasteiger partial charge >= 0.3 is 0 Å². The lowest BCUT2D eigenvalue weighted by Crippen LogP contribution is -2.39. The summed E-state index contributed by atoms with van der Waals surface area (Å²) in [5.41, 5.74) is 2.33. The van der Waals surface area contributed by atoms with Gasteiger partial charge in [0.25, 0.3) is 0 Å². The van der Waals surface area contributed by atoms with Crippen LogP contribution >= 0.6 is 0 Å². The molecule has 0 atom stereocenters. The quantitative estimate of drug-likeness (QED) is 0.814. The molecule has 1 aromatic rings. The minimum absolute atomic E-state index is 0.105. The fourth-order valence-corrected chi connectivity index (χ4v) is 2.80. The van der Waals surface area contributed by atoms with Crippen molar-refractivity contribution in [3.05, 3.63) is 29.3 Å². The number of benzene rings is 1. The second-order valence-corrected chi connectivity index (χ2v) is 5.73. The molecular weight excluding hydrogens is 236 g/mol. The molecule has 19 heavy (non-hydrogen) atoms. The Morgan fingerprint density at radius 1 is 1.42 bits per heavy atom. The first-order chi connectivity index (χ1) is 9.08. The molecule has 3 nitrogen and oxygen atoms in total. The molecule has 3 heteroatoms. The first-order valence-electron chi connectivity index (χ1n) is 6.82. The Balaban J connectivity index is 2.04. The summed E-state index contributed by atoms with van der Waals surface area (Å²) >= 11 is 0. The fourth-order valence-electron chi connectivity index (χ4n) is 2.80. The maximum atomic E-state index is 9.30. The summed E-state index contributed by atoms with van der Waals surface area (Å²) in [7, 11) is 3.79. The SMILES string of the molecule is COc1ccc(C)cc1CN(C)CC1(C#N)CCC1. The Bertz CT molecular complexity index is 486. The Labute approximate surface area is 115 Å². The van der Waals surface area contributed by atoms with Crippen molar-refractivity contribution >= 4 is 0 Å². The van der Waals surface area contributed by atoms with Gasteiger partial charge < -0.3 is 9.64 Å². The third-order valence-corrected chi connectivity index (χ3v) is 4.00. The molecule has 1 fully saturated rings. The number of hydrogen-bond donors (Lipinski definition) is 0. The first kappa shape index (κ1) is 13.9. The van der Waals surface area contributed by atoms with Crippen LogP contribution in [0.1, 0.15) is 30.4 Å². The molecule has 1 saturated carbocycles. The summed E-state index contributed by atoms with van der Waals surface area (Å²) in [6.07, 6.45) is 3.27. The number of ether oxygens (including phenoxy) is 1. The third-order valence-electron chi connectivity index (χ3n) is 4.00. The zero-order valence-corrected chi connectivity index (χ0v) is 12.1. The summed E-state index contributed by atoms with van der Waals surface area (Å²) in [5, 5.41) is 9.30. The van der Waals surface area contributed by atoms with E-state index in [1.807, 2.05) is 6.07 Å². The molecule has 0 spiro atoms. The molecule has 0 aliphatic heterocycles. The van der Waals surface area contributed by atoms with Gasteiger partial charge in [0.1, 0.15) is 5.75 Å². The average Bonchev–Trinajstić information content (AvgIpc) is 2.34. The van der Waals surface area contributed by atoms with Crippen molar-refractivity contribution in [3.8, 4) is 11.8 Å². The normalized spacial score (nSPS) is 16.8. The molecule has 1 aromatic carbocycles. The van der Waals surface area contributed by atoms with Crippen molar-refractivity contribution in [2.45, 2.75) is 32.7 Å². The van der Waals surface area contributed by atoms with Crippen LogP contribution in [0.3, 0.4) is 0 Å². The largest absolute Gasteiger partial charge is 0.496 e. The lowest BCUT2D eigenvalue weighted by molar-refractivity contribution is 0.133. The van der Waals surface area contributed by atoms with Crippen molar-refractivity contribution in [3.63, 3.8) is 0 Å². The van der Waals surface area contributed by atoms with Crippen LogP contribution in [-0.4, -0.2) is 25.6 Å². The van der Waals surface area contributed by atoms with E-state index in [4.69, 9.17) is 4.74 Å². The molecule has 1 aliphatic rings. The van der Waals surface area contributed by atoms with Crippen molar-refractivity contribution in [1.29, 1.82) is 5.26 Å². The molecule has 1 aliphatic carbocycles. The van der Waals surface area contributed by atoms with Gasteiger partial charge in [0.15, 0.2) is 0 Å². The number of hydrogen-bond acceptors (Lipinski definition) is 3. The Kier molecular flexibility index (Phi) is 4.11. The Morgan fingerprint density at radius 3 is 2.68 bits per heavy atom. The maximum Gasteiger partial charge on any atom is 0.123 e. The summed E-state index contributed by atoms with van der Waals surface area (Å²) < 4.78 is 5.41. The smallest absolute Gasteiger partial charge is 0.123 e. The van der Waals surface area contributed by atoms with Crippen LogP contribution in [0.5, 0.6) is 5.75 Å². The van der Waals surface area contributed by atoms with Gasteiger partial charge in [-0.3, -0.25) is 0 Å². The van der Waals surface area contributed by atoms with E-state index in [-0.39, 0.29) is 5.41 Å². The third kappa shape index (κ3) is 3.08. The van der Waals surface area contributed by atoms with Crippen LogP contribution in [0, 0.1) is 23.7 Å². The predicted molar refractivity (Wildman–Crippen MR) is 76.0 cm³/mol. The van der Waals surface area contributed by atoms with Crippen molar-refractivity contribution < 1.29 is 4.74 Å². The number of rotatable bonds is 5. The highest BCUT2D eigenvalue weighted by atomic mass is 16.5. The number of nitrogens with zero attached hydrogens (tertiary/aromatic N) is 2. The average molecular weight is 258 g/mol. The highest BCUT2D eigenvalue weighted by molar-refractivity contribution is 5.36. The molecule has 0 saturated heterocycles. The van der Waals surface area contributed by atoms with Crippen molar-refractivity contribution in [1.82, 2.24) is 4.90 Å². The van der Waals surface area contributed by atoms with E-state index >= 15 is 0 Å². The van der Waals surface area contributed by atoms with Gasteiger partial charge in [-0.1, -0.05) is 24.1 Å². The van der Waals surface area contributed by atoms with E-state index in [1.54, 1.807) is 7.11 Å². The van der Waals surface area contributed by atoms with Gasteiger partial charge in [-0.15, -0.1) is 0 Å². The Morgan fingerprint density at radius 2 is 2.16 bits per heavy atom. The highest BCUT2D eigenvalue weighted by Gasteiger charge is 2.38. The van der Waals surface area contributed by atoms with Gasteiger partial charge in [-0.25, -0.2) is 0 Å². The molecule has 0 bridgehead atoms. The van der Waals surface area contributed by atoms with E-state index in [2.05, 4.69) is 37.1 Å². The summed E-state index contributed by atoms with van der Waals surface area (Å²) in [5.74, 6) is 0.928. The monoisotopic (exact) mass is 258 g/mol. The van der Waals surface area contributed by atoms with Gasteiger partial charge in [0.05, 0.1) is 18.6 Å². The second kappa shape index (κ2) is 5.63. The van der Waals surface area contributed by atoms with E-state index < -0.39 is 0 Å². The van der Waals surface area contributed by atoms with E-state index in [0.717, 1.165) is 31.7 Å². The number of nitriles is 1. The van der Waals surface area contributed by atoms with Crippen LogP contribution < -0.4 is 4.74 Å². The van der Waals surface area contributed by atoms with Gasteiger partial charge in [-0.05, 0) is 32.9 Å². The van der Waals surface area contributed by atoms with E-state index in [1.165, 1.54) is 17.5 Å². The predicted octanol–water partition coefficient (Wildman–Crippen LogP) is 3.13. The number of methoxy groups -OCH3 is 1. The first-order valence-corrected chi connectivity index (χ1v) is 6.82. The lowest BCUT2D eigenvalue weighted by Gasteiger charge is -2.38. The molecule has 0 radical (unpaired) electrons. The van der Waals surface area contributed by atoms with Gasteiger partial charge in [-0.2, -0.15) is 5.26 Å². The number of aryl methyl sites for hydroxylation is 1. The molecule has 0 aromatic heterocycles. The van der Waals surface area contributed by atoms with Crippen LogP contribution in [0.4, 0.5) is 0 Å². The fraction of sp³-hybridized carbons (Fsp3) is 0.562. The maximum absolute atomic E-state index is 9.30. The molecule has 102 valence electrons.